The van der Waals surface area contributed by atoms with Crippen LogP contribution in [-0.2, 0) is 4.79 Å². The first-order valence-corrected chi connectivity index (χ1v) is 7.10. The number of hydrogen-bond acceptors (Lipinski definition) is 2. The molecule has 1 aromatic rings. The monoisotopic (exact) mass is 343 g/mol. The van der Waals surface area contributed by atoms with Gasteiger partial charge in [-0.1, -0.05) is 0 Å². The molecule has 2 rings (SSSR count). The van der Waals surface area contributed by atoms with E-state index >= 15 is 0 Å². The molecule has 1 amide bonds. The van der Waals surface area contributed by atoms with E-state index in [0.29, 0.717) is 23.9 Å². The average molecular weight is 344 g/mol. The number of hydrogen-bond donors (Lipinski definition) is 1. The zero-order valence-electron chi connectivity index (χ0n) is 11.0. The molecule has 20 heavy (non-hydrogen) atoms. The highest BCUT2D eigenvalue weighted by Gasteiger charge is 2.39. The van der Waals surface area contributed by atoms with Gasteiger partial charge in [-0.3, -0.25) is 9.59 Å². The number of likely N-dealkylation sites (tertiary alicyclic amines) is 1. The Hall–Kier alpha value is -1.43. The second-order valence-corrected chi connectivity index (χ2v) is 6.17. The summed E-state index contributed by atoms with van der Waals surface area (Å²) in [5, 5.41) is 9.26. The van der Waals surface area contributed by atoms with Crippen molar-refractivity contribution in [1.29, 1.82) is 0 Å². The number of halogens is 2. The molecule has 0 aromatic heterocycles. The van der Waals surface area contributed by atoms with Gasteiger partial charge in [0.1, 0.15) is 5.82 Å². The first kappa shape index (κ1) is 15.0. The summed E-state index contributed by atoms with van der Waals surface area (Å²) in [6.07, 6.45) is 1.16. The second-order valence-electron chi connectivity index (χ2n) is 5.32. The maximum absolute atomic E-state index is 13.3. The Balaban J connectivity index is 2.25. The van der Waals surface area contributed by atoms with Crippen LogP contribution < -0.4 is 0 Å². The fourth-order valence-electron chi connectivity index (χ4n) is 2.42. The Morgan fingerprint density at radius 3 is 2.80 bits per heavy atom. The van der Waals surface area contributed by atoms with E-state index in [4.69, 9.17) is 0 Å². The number of carboxylic acids is 1. The van der Waals surface area contributed by atoms with Gasteiger partial charge < -0.3 is 10.0 Å². The van der Waals surface area contributed by atoms with E-state index in [1.165, 1.54) is 23.1 Å². The Kier molecular flexibility index (Phi) is 4.13. The van der Waals surface area contributed by atoms with Crippen LogP contribution in [-0.4, -0.2) is 35.0 Å². The van der Waals surface area contributed by atoms with Crippen LogP contribution in [0.25, 0.3) is 0 Å². The lowest BCUT2D eigenvalue weighted by atomic mass is 9.82. The Bertz CT molecular complexity index is 563. The van der Waals surface area contributed by atoms with Gasteiger partial charge in [-0.25, -0.2) is 4.39 Å². The van der Waals surface area contributed by atoms with Gasteiger partial charge in [-0.2, -0.15) is 0 Å². The number of carboxylic acid groups (broad SMARTS) is 1. The molecular formula is C14H15BrFNO3. The van der Waals surface area contributed by atoms with Gasteiger partial charge in [0.05, 0.1) is 11.0 Å². The predicted octanol–water partition coefficient (Wildman–Crippen LogP) is 2.92. The van der Waals surface area contributed by atoms with Crippen LogP contribution in [0.4, 0.5) is 4.39 Å². The van der Waals surface area contributed by atoms with Crippen LogP contribution in [0.1, 0.15) is 30.1 Å². The molecule has 0 radical (unpaired) electrons. The van der Waals surface area contributed by atoms with Crippen LogP contribution in [0.5, 0.6) is 0 Å². The third-order valence-corrected chi connectivity index (χ3v) is 4.35. The maximum atomic E-state index is 13.3. The number of carbonyl (C=O) groups is 2. The molecular weight excluding hydrogens is 329 g/mol. The van der Waals surface area contributed by atoms with E-state index in [1.807, 2.05) is 0 Å². The summed E-state index contributed by atoms with van der Waals surface area (Å²) >= 11 is 3.22. The lowest BCUT2D eigenvalue weighted by Crippen LogP contribution is -2.48. The Labute approximate surface area is 124 Å². The summed E-state index contributed by atoms with van der Waals surface area (Å²) in [5.74, 6) is -1.74. The number of rotatable bonds is 2. The molecule has 0 saturated carbocycles. The molecule has 108 valence electrons. The predicted molar refractivity (Wildman–Crippen MR) is 75.0 cm³/mol. The maximum Gasteiger partial charge on any atom is 0.311 e. The van der Waals surface area contributed by atoms with Crippen molar-refractivity contribution in [3.05, 3.63) is 34.1 Å². The van der Waals surface area contributed by atoms with Crippen LogP contribution in [0.15, 0.2) is 22.7 Å². The van der Waals surface area contributed by atoms with Crippen molar-refractivity contribution in [2.75, 3.05) is 13.1 Å². The first-order valence-electron chi connectivity index (χ1n) is 6.31. The zero-order valence-corrected chi connectivity index (χ0v) is 12.6. The van der Waals surface area contributed by atoms with E-state index in [9.17, 15) is 19.1 Å². The van der Waals surface area contributed by atoms with Crippen molar-refractivity contribution in [1.82, 2.24) is 4.90 Å². The minimum Gasteiger partial charge on any atom is -0.481 e. The van der Waals surface area contributed by atoms with Crippen LogP contribution >= 0.6 is 15.9 Å². The average Bonchev–Trinajstić information content (AvgIpc) is 2.40. The van der Waals surface area contributed by atoms with Gasteiger partial charge in [0, 0.05) is 17.6 Å². The first-order chi connectivity index (χ1) is 9.33. The van der Waals surface area contributed by atoms with Gasteiger partial charge in [0.2, 0.25) is 0 Å². The molecule has 0 bridgehead atoms. The number of benzene rings is 1. The largest absolute Gasteiger partial charge is 0.481 e. The quantitative estimate of drug-likeness (QED) is 0.898. The molecule has 1 atom stereocenters. The van der Waals surface area contributed by atoms with Gasteiger partial charge >= 0.3 is 5.97 Å². The highest BCUT2D eigenvalue weighted by atomic mass is 79.9. The highest BCUT2D eigenvalue weighted by Crippen LogP contribution is 2.31. The fraction of sp³-hybridized carbons (Fsp3) is 0.429. The molecule has 0 spiro atoms. The summed E-state index contributed by atoms with van der Waals surface area (Å²) in [7, 11) is 0. The molecule has 1 aliphatic rings. The SMILES string of the molecule is CC1(C(=O)O)CCCN(C(=O)c2cc(F)ccc2Br)C1. The van der Waals surface area contributed by atoms with E-state index in [0.717, 1.165) is 0 Å². The summed E-state index contributed by atoms with van der Waals surface area (Å²) < 4.78 is 13.8. The Morgan fingerprint density at radius 1 is 1.45 bits per heavy atom. The topological polar surface area (TPSA) is 57.6 Å². The highest BCUT2D eigenvalue weighted by molar-refractivity contribution is 9.10. The van der Waals surface area contributed by atoms with Crippen molar-refractivity contribution in [2.24, 2.45) is 5.41 Å². The lowest BCUT2D eigenvalue weighted by Gasteiger charge is -2.37. The van der Waals surface area contributed by atoms with Crippen molar-refractivity contribution < 1.29 is 19.1 Å². The van der Waals surface area contributed by atoms with Gasteiger partial charge in [0.15, 0.2) is 0 Å². The summed E-state index contributed by atoms with van der Waals surface area (Å²) in [6, 6.07) is 3.90. The number of amides is 1. The van der Waals surface area contributed by atoms with Crippen molar-refractivity contribution in [3.63, 3.8) is 0 Å². The third-order valence-electron chi connectivity index (χ3n) is 3.66. The van der Waals surface area contributed by atoms with Crippen LogP contribution in [0, 0.1) is 11.2 Å². The van der Waals surface area contributed by atoms with Gasteiger partial charge in [-0.15, -0.1) is 0 Å². The van der Waals surface area contributed by atoms with E-state index in [-0.39, 0.29) is 18.0 Å². The van der Waals surface area contributed by atoms with Crippen LogP contribution in [0.3, 0.4) is 0 Å². The molecule has 0 aliphatic carbocycles. The summed E-state index contributed by atoms with van der Waals surface area (Å²) in [4.78, 5) is 25.2. The van der Waals surface area contributed by atoms with Crippen molar-refractivity contribution in [2.45, 2.75) is 19.8 Å². The zero-order chi connectivity index (χ0) is 14.9. The molecule has 1 heterocycles. The van der Waals surface area contributed by atoms with Crippen molar-refractivity contribution >= 4 is 27.8 Å². The Morgan fingerprint density at radius 2 is 2.15 bits per heavy atom. The number of piperidine rings is 1. The summed E-state index contributed by atoms with van der Waals surface area (Å²) in [5.41, 5.74) is -0.715. The molecule has 1 aliphatic heterocycles. The molecule has 6 heteroatoms. The number of aliphatic carboxylic acids is 1. The summed E-state index contributed by atoms with van der Waals surface area (Å²) in [6.45, 7) is 2.27. The van der Waals surface area contributed by atoms with E-state index in [2.05, 4.69) is 15.9 Å². The normalized spacial score (nSPS) is 22.6. The van der Waals surface area contributed by atoms with Crippen LogP contribution in [0.2, 0.25) is 0 Å². The molecule has 1 N–H and O–H groups in total. The van der Waals surface area contributed by atoms with Gasteiger partial charge in [-0.05, 0) is 53.9 Å². The van der Waals surface area contributed by atoms with E-state index in [1.54, 1.807) is 6.92 Å². The number of carbonyl (C=O) groups excluding carboxylic acids is 1. The lowest BCUT2D eigenvalue weighted by molar-refractivity contribution is -0.150. The standard InChI is InChI=1S/C14H15BrFNO3/c1-14(13(19)20)5-2-6-17(8-14)12(18)10-7-9(16)3-4-11(10)15/h3-4,7H,2,5-6,8H2,1H3,(H,19,20). The molecule has 1 unspecified atom stereocenters. The second kappa shape index (κ2) is 5.52. The fourth-order valence-corrected chi connectivity index (χ4v) is 2.84. The molecule has 1 saturated heterocycles. The third kappa shape index (κ3) is 2.85. The van der Waals surface area contributed by atoms with E-state index < -0.39 is 17.2 Å². The molecule has 1 fully saturated rings. The number of nitrogens with zero attached hydrogens (tertiary/aromatic N) is 1. The van der Waals surface area contributed by atoms with Crippen molar-refractivity contribution in [3.8, 4) is 0 Å². The smallest absolute Gasteiger partial charge is 0.311 e. The minimum atomic E-state index is -0.937. The van der Waals surface area contributed by atoms with Gasteiger partial charge in [0.25, 0.3) is 5.91 Å². The molecule has 1 aromatic carbocycles. The minimum absolute atomic E-state index is 0.143. The molecule has 4 nitrogen and oxygen atoms in total.